The Hall–Kier alpha value is -0.0938. The third-order valence-corrected chi connectivity index (χ3v) is 13.1. The van der Waals surface area contributed by atoms with Gasteiger partial charge in [0.05, 0.1) is 0 Å². The largest absolute Gasteiger partial charge is 3.00 e. The molecule has 1 heterocycles. The van der Waals surface area contributed by atoms with E-state index in [1.807, 2.05) is 0 Å². The summed E-state index contributed by atoms with van der Waals surface area (Å²) in [6.07, 6.45) is 5.20. The average molecular weight is 470 g/mol. The summed E-state index contributed by atoms with van der Waals surface area (Å²) in [5.41, 5.74) is 2.61. The Kier molecular flexibility index (Phi) is 11.2. The standard InChI is InChI=1S/C19H33N2Si2.C4H8O.Cr/c1-15(2)20-22(4,5)18-13-14-19(16(18)3)23(6,7)21-17-11-9-8-10-12-17;1-2-4-5-3-1;/h8-12,15,18-19H,13-14H2,1-7H3;1-4H2;/q-3;;+3. The molecular weight excluding hydrogens is 428 g/mol. The van der Waals surface area contributed by atoms with Crippen LogP contribution >= 0.6 is 0 Å². The van der Waals surface area contributed by atoms with Gasteiger partial charge in [0.15, 0.2) is 0 Å². The van der Waals surface area contributed by atoms with E-state index in [0.29, 0.717) is 11.6 Å². The first kappa shape index (κ1) is 26.9. The molecule has 1 radical (unpaired) electrons. The molecule has 0 N–H and O–H groups in total. The Labute approximate surface area is 193 Å². The molecule has 3 rings (SSSR count). The summed E-state index contributed by atoms with van der Waals surface area (Å²) in [7, 11) is -3.21. The molecule has 1 aliphatic carbocycles. The van der Waals surface area contributed by atoms with E-state index in [-0.39, 0.29) is 17.4 Å². The first-order chi connectivity index (χ1) is 13.1. The van der Waals surface area contributed by atoms with Crippen molar-refractivity contribution in [1.82, 2.24) is 0 Å². The maximum Gasteiger partial charge on any atom is 3.00 e. The van der Waals surface area contributed by atoms with Crippen molar-refractivity contribution in [3.8, 4) is 0 Å². The second-order valence-corrected chi connectivity index (χ2v) is 18.2. The Morgan fingerprint density at radius 1 is 0.931 bits per heavy atom. The van der Waals surface area contributed by atoms with Gasteiger partial charge in [0.2, 0.25) is 0 Å². The second kappa shape index (κ2) is 12.1. The van der Waals surface area contributed by atoms with E-state index in [1.165, 1.54) is 25.7 Å². The predicted molar refractivity (Wildman–Crippen MR) is 129 cm³/mol. The number of hydrogen-bond donors (Lipinski definition) is 0. The topological polar surface area (TPSA) is 37.4 Å². The van der Waals surface area contributed by atoms with E-state index >= 15 is 0 Å². The van der Waals surface area contributed by atoms with E-state index in [9.17, 15) is 0 Å². The molecule has 2 atom stereocenters. The van der Waals surface area contributed by atoms with Crippen LogP contribution in [0.15, 0.2) is 30.3 Å². The Bertz CT molecular complexity index is 572. The molecule has 1 aliphatic heterocycles. The molecule has 2 aliphatic rings. The summed E-state index contributed by atoms with van der Waals surface area (Å²) in [5.74, 6) is 1.71. The zero-order chi connectivity index (χ0) is 20.8. The van der Waals surface area contributed by atoms with E-state index < -0.39 is 16.5 Å². The van der Waals surface area contributed by atoms with Gasteiger partial charge in [0.25, 0.3) is 0 Å². The molecule has 1 saturated heterocycles. The van der Waals surface area contributed by atoms with Crippen molar-refractivity contribution in [2.45, 2.75) is 89.8 Å². The number of rotatable bonds is 6. The summed E-state index contributed by atoms with van der Waals surface area (Å²) >= 11 is 0. The number of benzene rings is 1. The van der Waals surface area contributed by atoms with E-state index in [0.717, 1.165) is 24.4 Å². The van der Waals surface area contributed by atoms with Gasteiger partial charge in [-0.1, -0.05) is 99.7 Å². The summed E-state index contributed by atoms with van der Waals surface area (Å²) in [4.78, 5) is 10.3. The van der Waals surface area contributed by atoms with Gasteiger partial charge in [-0.25, -0.2) is 0 Å². The van der Waals surface area contributed by atoms with Crippen LogP contribution in [0.3, 0.4) is 0 Å². The van der Waals surface area contributed by atoms with Crippen LogP contribution in [-0.2, 0) is 22.1 Å². The van der Waals surface area contributed by atoms with Gasteiger partial charge in [0.1, 0.15) is 0 Å². The van der Waals surface area contributed by atoms with Gasteiger partial charge in [-0.2, -0.15) is 18.0 Å². The van der Waals surface area contributed by atoms with E-state index in [1.54, 1.807) is 5.92 Å². The van der Waals surface area contributed by atoms with Crippen LogP contribution in [0.4, 0.5) is 5.69 Å². The van der Waals surface area contributed by atoms with Crippen molar-refractivity contribution in [3.05, 3.63) is 46.2 Å². The molecule has 1 saturated carbocycles. The van der Waals surface area contributed by atoms with Crippen LogP contribution in [0.1, 0.15) is 46.5 Å². The van der Waals surface area contributed by atoms with Crippen LogP contribution in [-0.4, -0.2) is 35.7 Å². The minimum absolute atomic E-state index is 0. The van der Waals surface area contributed by atoms with Crippen LogP contribution < -0.4 is 0 Å². The minimum Gasteiger partial charge on any atom is -0.688 e. The quantitative estimate of drug-likeness (QED) is 0.309. The van der Waals surface area contributed by atoms with Gasteiger partial charge >= 0.3 is 17.4 Å². The van der Waals surface area contributed by atoms with Gasteiger partial charge in [0, 0.05) is 13.2 Å². The van der Waals surface area contributed by atoms with Crippen LogP contribution in [0.2, 0.25) is 37.3 Å². The Morgan fingerprint density at radius 3 is 1.90 bits per heavy atom. The molecule has 0 amide bonds. The Morgan fingerprint density at radius 2 is 1.45 bits per heavy atom. The van der Waals surface area contributed by atoms with Crippen LogP contribution in [0.25, 0.3) is 9.96 Å². The van der Waals surface area contributed by atoms with Crippen LogP contribution in [0, 0.1) is 5.92 Å². The second-order valence-electron chi connectivity index (χ2n) is 9.72. The molecule has 1 aromatic rings. The first-order valence-corrected chi connectivity index (χ1v) is 17.1. The van der Waals surface area contributed by atoms with Crippen molar-refractivity contribution in [2.24, 2.45) is 0 Å². The summed E-state index contributed by atoms with van der Waals surface area (Å²) < 4.78 is 4.94. The fourth-order valence-corrected chi connectivity index (χ4v) is 12.1. The SMILES string of the molecule is C1CCOC1.C[C-]1C([Si](C)(C)[N-]c2ccccc2)CCC1[Si](C)(C)[N-]C(C)C.[Cr+3]. The van der Waals surface area contributed by atoms with Gasteiger partial charge in [-0.15, -0.1) is 11.7 Å². The molecule has 0 spiro atoms. The van der Waals surface area contributed by atoms with Crippen LogP contribution in [0.5, 0.6) is 0 Å². The zero-order valence-electron chi connectivity index (χ0n) is 19.6. The Balaban J connectivity index is 0.000000610. The molecule has 6 heteroatoms. The molecule has 163 valence electrons. The normalized spacial score (nSPS) is 22.8. The van der Waals surface area contributed by atoms with E-state index in [2.05, 4.69) is 77.3 Å². The number of ether oxygens (including phenoxy) is 1. The van der Waals surface area contributed by atoms with Crippen molar-refractivity contribution >= 4 is 22.2 Å². The minimum atomic E-state index is -1.67. The molecular formula is C23H41CrN2OSi2. The third kappa shape index (κ3) is 8.16. The zero-order valence-corrected chi connectivity index (χ0v) is 22.8. The molecule has 0 bridgehead atoms. The van der Waals surface area contributed by atoms with Crippen molar-refractivity contribution in [3.63, 3.8) is 0 Å². The molecule has 29 heavy (non-hydrogen) atoms. The van der Waals surface area contributed by atoms with Crippen molar-refractivity contribution in [2.75, 3.05) is 13.2 Å². The van der Waals surface area contributed by atoms with Crippen molar-refractivity contribution < 1.29 is 22.1 Å². The first-order valence-electron chi connectivity index (χ1n) is 11.0. The van der Waals surface area contributed by atoms with Gasteiger partial charge in [-0.3, -0.25) is 0 Å². The monoisotopic (exact) mass is 469 g/mol. The maximum absolute atomic E-state index is 5.20. The van der Waals surface area contributed by atoms with Gasteiger partial charge < -0.3 is 20.6 Å². The molecule has 0 aromatic heterocycles. The average Bonchev–Trinajstić information content (AvgIpc) is 3.27. The molecule has 2 fully saturated rings. The van der Waals surface area contributed by atoms with E-state index in [4.69, 9.17) is 14.7 Å². The summed E-state index contributed by atoms with van der Waals surface area (Å²) in [6.45, 7) is 18.6. The van der Waals surface area contributed by atoms with Gasteiger partial charge in [-0.05, 0) is 12.8 Å². The molecule has 3 nitrogen and oxygen atoms in total. The molecule has 1 aromatic carbocycles. The smallest absolute Gasteiger partial charge is 0.688 e. The summed E-state index contributed by atoms with van der Waals surface area (Å²) in [6, 6.07) is 11.0. The van der Waals surface area contributed by atoms with Crippen molar-refractivity contribution in [1.29, 1.82) is 0 Å². The third-order valence-electron chi connectivity index (χ3n) is 6.14. The fraction of sp³-hybridized carbons (Fsp3) is 0.696. The predicted octanol–water partition coefficient (Wildman–Crippen LogP) is 7.81. The number of hydrogen-bond acceptors (Lipinski definition) is 1. The molecule has 2 unspecified atom stereocenters. The summed E-state index contributed by atoms with van der Waals surface area (Å²) in [5, 5.41) is 0. The fourth-order valence-electron chi connectivity index (χ4n) is 5.03. The number of nitrogens with zero attached hydrogens (tertiary/aromatic N) is 2. The maximum atomic E-state index is 5.20.